The van der Waals surface area contributed by atoms with Crippen LogP contribution in [0.2, 0.25) is 0 Å². The number of sulfonamides is 1. The molecule has 0 aliphatic carbocycles. The van der Waals surface area contributed by atoms with E-state index >= 15 is 0 Å². The predicted octanol–water partition coefficient (Wildman–Crippen LogP) is 2.94. The van der Waals surface area contributed by atoms with Crippen LogP contribution in [0.4, 0.5) is 0 Å². The van der Waals surface area contributed by atoms with Crippen molar-refractivity contribution >= 4 is 31.9 Å². The Morgan fingerprint density at radius 1 is 1.48 bits per heavy atom. The van der Waals surface area contributed by atoms with Gasteiger partial charge < -0.3 is 9.52 Å². The maximum atomic E-state index is 12.6. The number of furan rings is 1. The molecular weight excluding hydrogens is 362 g/mol. The van der Waals surface area contributed by atoms with E-state index in [1.54, 1.807) is 0 Å². The average molecular weight is 380 g/mol. The molecule has 0 saturated carbocycles. The normalized spacial score (nSPS) is 21.1. The van der Waals surface area contributed by atoms with Gasteiger partial charge >= 0.3 is 5.97 Å². The molecule has 1 fully saturated rings. The van der Waals surface area contributed by atoms with Crippen LogP contribution in [-0.4, -0.2) is 36.9 Å². The Morgan fingerprint density at radius 3 is 2.76 bits per heavy atom. The molecule has 0 spiro atoms. The van der Waals surface area contributed by atoms with Crippen molar-refractivity contribution in [2.45, 2.75) is 37.5 Å². The summed E-state index contributed by atoms with van der Waals surface area (Å²) in [5.41, 5.74) is 0. The Labute approximate surface area is 132 Å². The van der Waals surface area contributed by atoms with Crippen LogP contribution in [0, 0.1) is 5.92 Å². The molecule has 0 amide bonds. The quantitative estimate of drug-likeness (QED) is 0.868. The van der Waals surface area contributed by atoms with Gasteiger partial charge in [0, 0.05) is 19.2 Å². The van der Waals surface area contributed by atoms with Gasteiger partial charge in [-0.15, -0.1) is 0 Å². The lowest BCUT2D eigenvalue weighted by atomic mass is 9.98. The van der Waals surface area contributed by atoms with Gasteiger partial charge in [-0.2, -0.15) is 4.31 Å². The maximum Gasteiger partial charge on any atom is 0.371 e. The summed E-state index contributed by atoms with van der Waals surface area (Å²) < 4.78 is 31.6. The standard InChI is InChI=1S/C13H18BrNO5S/c1-2-9-4-3-6-15(7-5-9)21(18,19)11-8-10(13(16)17)20-12(11)14/h8-9H,2-7H2,1H3,(H,16,17). The van der Waals surface area contributed by atoms with E-state index in [1.165, 1.54) is 4.31 Å². The topological polar surface area (TPSA) is 87.8 Å². The first-order chi connectivity index (χ1) is 9.86. The van der Waals surface area contributed by atoms with E-state index in [1.807, 2.05) is 0 Å². The lowest BCUT2D eigenvalue weighted by Crippen LogP contribution is -2.32. The summed E-state index contributed by atoms with van der Waals surface area (Å²) in [5.74, 6) is -1.13. The molecule has 1 aromatic rings. The molecule has 1 aliphatic rings. The molecule has 0 radical (unpaired) electrons. The highest BCUT2D eigenvalue weighted by atomic mass is 79.9. The summed E-state index contributed by atoms with van der Waals surface area (Å²) in [4.78, 5) is 10.8. The number of carboxylic acid groups (broad SMARTS) is 1. The molecule has 2 heterocycles. The van der Waals surface area contributed by atoms with Crippen LogP contribution in [0.3, 0.4) is 0 Å². The largest absolute Gasteiger partial charge is 0.475 e. The van der Waals surface area contributed by atoms with Crippen LogP contribution in [0.1, 0.15) is 43.2 Å². The van der Waals surface area contributed by atoms with Gasteiger partial charge in [0.05, 0.1) is 0 Å². The molecular formula is C13H18BrNO5S. The fourth-order valence-electron chi connectivity index (χ4n) is 2.56. The van der Waals surface area contributed by atoms with E-state index < -0.39 is 16.0 Å². The van der Waals surface area contributed by atoms with Gasteiger partial charge in [-0.3, -0.25) is 0 Å². The van der Waals surface area contributed by atoms with Crippen molar-refractivity contribution in [2.24, 2.45) is 5.92 Å². The van der Waals surface area contributed by atoms with Gasteiger partial charge in [-0.1, -0.05) is 13.3 Å². The molecule has 1 saturated heterocycles. The van der Waals surface area contributed by atoms with E-state index in [4.69, 9.17) is 9.52 Å². The number of halogens is 1. The molecule has 1 aromatic heterocycles. The van der Waals surface area contributed by atoms with E-state index in [-0.39, 0.29) is 15.3 Å². The zero-order chi connectivity index (χ0) is 15.6. The molecule has 21 heavy (non-hydrogen) atoms. The molecule has 118 valence electrons. The van der Waals surface area contributed by atoms with E-state index in [0.29, 0.717) is 19.0 Å². The van der Waals surface area contributed by atoms with Gasteiger partial charge in [-0.05, 0) is 41.1 Å². The number of rotatable bonds is 4. The fraction of sp³-hybridized carbons (Fsp3) is 0.615. The maximum absolute atomic E-state index is 12.6. The average Bonchev–Trinajstić information content (AvgIpc) is 2.68. The number of carboxylic acids is 1. The van der Waals surface area contributed by atoms with E-state index in [2.05, 4.69) is 22.9 Å². The first kappa shape index (κ1) is 16.5. The predicted molar refractivity (Wildman–Crippen MR) is 79.8 cm³/mol. The van der Waals surface area contributed by atoms with Gasteiger partial charge in [0.1, 0.15) is 4.90 Å². The van der Waals surface area contributed by atoms with Crippen LogP contribution in [0.5, 0.6) is 0 Å². The van der Waals surface area contributed by atoms with Crippen molar-refractivity contribution in [1.29, 1.82) is 0 Å². The van der Waals surface area contributed by atoms with Crippen LogP contribution >= 0.6 is 15.9 Å². The van der Waals surface area contributed by atoms with Crippen LogP contribution in [-0.2, 0) is 10.0 Å². The number of nitrogens with zero attached hydrogens (tertiary/aromatic N) is 1. The van der Waals surface area contributed by atoms with Gasteiger partial charge in [0.2, 0.25) is 15.8 Å². The molecule has 6 nitrogen and oxygen atoms in total. The minimum Gasteiger partial charge on any atom is -0.475 e. The molecule has 0 bridgehead atoms. The van der Waals surface area contributed by atoms with Crippen molar-refractivity contribution in [3.05, 3.63) is 16.5 Å². The minimum atomic E-state index is -3.73. The first-order valence-electron chi connectivity index (χ1n) is 6.89. The first-order valence-corrected chi connectivity index (χ1v) is 9.12. The minimum absolute atomic E-state index is 0.0591. The second-order valence-corrected chi connectivity index (χ2v) is 7.79. The van der Waals surface area contributed by atoms with Gasteiger partial charge in [0.25, 0.3) is 0 Å². The summed E-state index contributed by atoms with van der Waals surface area (Å²) in [6, 6.07) is 1.06. The third-order valence-corrected chi connectivity index (χ3v) is 6.62. The highest BCUT2D eigenvalue weighted by molar-refractivity contribution is 9.10. The summed E-state index contributed by atoms with van der Waals surface area (Å²) in [7, 11) is -3.73. The zero-order valence-electron chi connectivity index (χ0n) is 11.7. The van der Waals surface area contributed by atoms with Crippen molar-refractivity contribution in [1.82, 2.24) is 4.31 Å². The van der Waals surface area contributed by atoms with Crippen LogP contribution < -0.4 is 0 Å². The SMILES string of the molecule is CCC1CCCN(S(=O)(=O)c2cc(C(=O)O)oc2Br)CC1. The second kappa shape index (κ2) is 6.50. The lowest BCUT2D eigenvalue weighted by Gasteiger charge is -2.19. The number of hydrogen-bond acceptors (Lipinski definition) is 4. The summed E-state index contributed by atoms with van der Waals surface area (Å²) >= 11 is 3.00. The van der Waals surface area contributed by atoms with Crippen molar-refractivity contribution in [3.63, 3.8) is 0 Å². The lowest BCUT2D eigenvalue weighted by molar-refractivity contribution is 0.0661. The molecule has 8 heteroatoms. The summed E-state index contributed by atoms with van der Waals surface area (Å²) in [6.07, 6.45) is 3.72. The molecule has 1 unspecified atom stereocenters. The molecule has 2 rings (SSSR count). The zero-order valence-corrected chi connectivity index (χ0v) is 14.1. The molecule has 0 aromatic carbocycles. The van der Waals surface area contributed by atoms with Crippen molar-refractivity contribution in [2.75, 3.05) is 13.1 Å². The molecule has 1 N–H and O–H groups in total. The van der Waals surface area contributed by atoms with E-state index in [9.17, 15) is 13.2 Å². The number of aromatic carboxylic acids is 1. The smallest absolute Gasteiger partial charge is 0.371 e. The Kier molecular flexibility index (Phi) is 5.11. The number of carbonyl (C=O) groups is 1. The van der Waals surface area contributed by atoms with E-state index in [0.717, 1.165) is 31.7 Å². The fourth-order valence-corrected chi connectivity index (χ4v) is 4.96. The summed E-state index contributed by atoms with van der Waals surface area (Å²) in [5, 5.41) is 8.89. The Hall–Kier alpha value is -0.860. The second-order valence-electron chi connectivity index (χ2n) is 5.16. The summed E-state index contributed by atoms with van der Waals surface area (Å²) in [6.45, 7) is 3.03. The van der Waals surface area contributed by atoms with Gasteiger partial charge in [-0.25, -0.2) is 13.2 Å². The van der Waals surface area contributed by atoms with Crippen molar-refractivity contribution < 1.29 is 22.7 Å². The third kappa shape index (κ3) is 3.49. The Morgan fingerprint density at radius 2 is 2.19 bits per heavy atom. The third-order valence-electron chi connectivity index (χ3n) is 3.87. The Balaban J connectivity index is 2.27. The highest BCUT2D eigenvalue weighted by Gasteiger charge is 2.32. The van der Waals surface area contributed by atoms with Crippen LogP contribution in [0.25, 0.3) is 0 Å². The van der Waals surface area contributed by atoms with Gasteiger partial charge in [0.15, 0.2) is 4.67 Å². The number of hydrogen-bond donors (Lipinski definition) is 1. The van der Waals surface area contributed by atoms with Crippen molar-refractivity contribution in [3.8, 4) is 0 Å². The van der Waals surface area contributed by atoms with Crippen LogP contribution in [0.15, 0.2) is 20.0 Å². The highest BCUT2D eigenvalue weighted by Crippen LogP contribution is 2.31. The monoisotopic (exact) mass is 379 g/mol. The molecule has 1 atom stereocenters. The Bertz CT molecular complexity index is 625. The molecule has 1 aliphatic heterocycles.